The van der Waals surface area contributed by atoms with Crippen molar-refractivity contribution >= 4 is 129 Å². The van der Waals surface area contributed by atoms with Crippen LogP contribution in [0.5, 0.6) is 0 Å². The molecule has 15 aromatic rings. The van der Waals surface area contributed by atoms with Gasteiger partial charge in [0, 0.05) is 32.3 Å². The highest BCUT2D eigenvalue weighted by atomic mass is 16.2. The van der Waals surface area contributed by atoms with Crippen LogP contribution in [-0.2, 0) is 0 Å². The number of para-hydroxylation sites is 2. The molecule has 0 aliphatic rings. The zero-order valence-electron chi connectivity index (χ0n) is 44.8. The van der Waals surface area contributed by atoms with Crippen molar-refractivity contribution in [1.82, 2.24) is 9.13 Å². The lowest BCUT2D eigenvalue weighted by Gasteiger charge is -2.21. The van der Waals surface area contributed by atoms with Gasteiger partial charge in [0.15, 0.2) is 0 Å². The molecule has 13 aromatic carbocycles. The van der Waals surface area contributed by atoms with E-state index < -0.39 is 0 Å². The maximum Gasteiger partial charge on any atom is 0.266 e. The van der Waals surface area contributed by atoms with Crippen molar-refractivity contribution in [2.24, 2.45) is 0 Å². The Morgan fingerprint density at radius 1 is 0.244 bits per heavy atom. The van der Waals surface area contributed by atoms with Gasteiger partial charge in [-0.1, -0.05) is 140 Å². The Bertz CT molecular complexity index is 4780. The third-order valence-corrected chi connectivity index (χ3v) is 17.6. The van der Waals surface area contributed by atoms with Crippen LogP contribution in [0.15, 0.2) is 177 Å². The van der Waals surface area contributed by atoms with E-state index in [2.05, 4.69) is 152 Å². The second kappa shape index (κ2) is 16.3. The first-order valence-corrected chi connectivity index (χ1v) is 27.5. The summed E-state index contributed by atoms with van der Waals surface area (Å²) in [6, 6.07) is 55.3. The quantitative estimate of drug-likeness (QED) is 0.166. The standard InChI is InChI=1S/C72H54N2O4/c1-35(2)47-11-9-12-48(36(3)4)67(47)73-69(75)55-23-19-51-59-31-43-27-39-15-17-41-29-45-33-61-53-21-25-57-66-58(72(78)74(71(57)77)68-49(37(5)6)13-10-14-50(68)38(7)8)26-22-54(64(53)66)62(61)34-46(45)30-42(41)18-16-40(39)28-44(43)32-60(59)52-20-24-56(70(73)76)65(55)63(51)52/h9-38H,1-8H3. The van der Waals surface area contributed by atoms with Gasteiger partial charge in [0.05, 0.1) is 11.4 Å². The van der Waals surface area contributed by atoms with Crippen molar-refractivity contribution in [2.45, 2.75) is 79.1 Å². The van der Waals surface area contributed by atoms with Gasteiger partial charge in [-0.2, -0.15) is 0 Å². The highest BCUT2D eigenvalue weighted by Crippen LogP contribution is 2.45. The summed E-state index contributed by atoms with van der Waals surface area (Å²) in [5, 5.41) is 23.1. The number of pyridine rings is 2. The van der Waals surface area contributed by atoms with Gasteiger partial charge in [0.1, 0.15) is 0 Å². The predicted octanol–water partition coefficient (Wildman–Crippen LogP) is 17.4. The summed E-state index contributed by atoms with van der Waals surface area (Å²) in [5.74, 6) is 0.478. The SMILES string of the molecule is CC(C)c1cccc(C(C)C)c1-n1c(=O)c2ccc3c4cc5cc6ccc7cc8cc9c(cc8cc7ccc6cc5cc4c4ccc(c1=O)c2c34)c1ccc2c(=O)n(-c3c(C(C)C)cccc3C(C)C)c(=O)c3ccc9c1c32. The van der Waals surface area contributed by atoms with E-state index in [9.17, 15) is 19.2 Å². The lowest BCUT2D eigenvalue weighted by Crippen LogP contribution is -2.33. The van der Waals surface area contributed by atoms with E-state index in [-0.39, 0.29) is 45.9 Å². The number of nitrogens with zero attached hydrogens (tertiary/aromatic N) is 2. The molecule has 78 heavy (non-hydrogen) atoms. The summed E-state index contributed by atoms with van der Waals surface area (Å²) >= 11 is 0. The van der Waals surface area contributed by atoms with Gasteiger partial charge < -0.3 is 0 Å². The Hall–Kier alpha value is -9.00. The molecule has 0 aliphatic heterocycles. The molecular formula is C72H54N2O4. The highest BCUT2D eigenvalue weighted by Gasteiger charge is 2.27. The molecule has 2 heterocycles. The van der Waals surface area contributed by atoms with Crippen LogP contribution in [0.4, 0.5) is 0 Å². The predicted molar refractivity (Wildman–Crippen MR) is 330 cm³/mol. The van der Waals surface area contributed by atoms with Crippen LogP contribution in [0.1, 0.15) is 101 Å². The molecule has 0 amide bonds. The van der Waals surface area contributed by atoms with E-state index in [1.165, 1.54) is 9.13 Å². The minimum Gasteiger partial charge on any atom is -0.268 e. The average molecular weight is 1010 g/mol. The maximum atomic E-state index is 14.8. The van der Waals surface area contributed by atoms with Gasteiger partial charge in [-0.15, -0.1) is 0 Å². The number of hydrogen-bond donors (Lipinski definition) is 0. The van der Waals surface area contributed by atoms with E-state index in [4.69, 9.17) is 0 Å². The van der Waals surface area contributed by atoms with Gasteiger partial charge in [0.25, 0.3) is 22.2 Å². The molecule has 0 bridgehead atoms. The Labute approximate surface area is 448 Å². The molecule has 6 heteroatoms. The summed E-state index contributed by atoms with van der Waals surface area (Å²) in [4.78, 5) is 59.0. The molecular weight excluding hydrogens is 957 g/mol. The van der Waals surface area contributed by atoms with E-state index in [0.717, 1.165) is 141 Å². The van der Waals surface area contributed by atoms with Crippen molar-refractivity contribution in [3.8, 4) is 11.4 Å². The molecule has 0 radical (unpaired) electrons. The van der Waals surface area contributed by atoms with Gasteiger partial charge in [0.2, 0.25) is 0 Å². The number of rotatable bonds is 6. The van der Waals surface area contributed by atoms with E-state index in [0.29, 0.717) is 21.5 Å². The average Bonchev–Trinajstić information content (AvgIpc) is 3.82. The van der Waals surface area contributed by atoms with Crippen molar-refractivity contribution in [3.63, 3.8) is 0 Å². The molecule has 15 rings (SSSR count). The Kier molecular flexibility index (Phi) is 9.66. The normalized spacial score (nSPS) is 12.8. The zero-order valence-corrected chi connectivity index (χ0v) is 44.8. The lowest BCUT2D eigenvalue weighted by atomic mass is 9.92. The summed E-state index contributed by atoms with van der Waals surface area (Å²) < 4.78 is 2.90. The smallest absolute Gasteiger partial charge is 0.266 e. The minimum absolute atomic E-state index is 0.119. The Morgan fingerprint density at radius 2 is 0.462 bits per heavy atom. The van der Waals surface area contributed by atoms with E-state index in [1.54, 1.807) is 0 Å². The number of benzene rings is 10. The van der Waals surface area contributed by atoms with Crippen molar-refractivity contribution in [3.05, 3.63) is 221 Å². The first-order valence-electron chi connectivity index (χ1n) is 27.5. The minimum atomic E-state index is -0.275. The van der Waals surface area contributed by atoms with E-state index >= 15 is 0 Å². The topological polar surface area (TPSA) is 78.1 Å². The third-order valence-electron chi connectivity index (χ3n) is 17.6. The first-order chi connectivity index (χ1) is 37.7. The van der Waals surface area contributed by atoms with Gasteiger partial charge >= 0.3 is 0 Å². The highest BCUT2D eigenvalue weighted by molar-refractivity contribution is 6.38. The summed E-state index contributed by atoms with van der Waals surface area (Å²) in [5.41, 5.74) is 4.30. The molecule has 2 aromatic heterocycles. The van der Waals surface area contributed by atoms with Crippen LogP contribution in [0.2, 0.25) is 0 Å². The molecule has 0 aliphatic carbocycles. The van der Waals surface area contributed by atoms with Crippen LogP contribution >= 0.6 is 0 Å². The van der Waals surface area contributed by atoms with Crippen LogP contribution in [-0.4, -0.2) is 9.13 Å². The van der Waals surface area contributed by atoms with E-state index in [1.807, 2.05) is 60.7 Å². The largest absolute Gasteiger partial charge is 0.268 e. The fourth-order valence-electron chi connectivity index (χ4n) is 13.8. The van der Waals surface area contributed by atoms with Gasteiger partial charge in [-0.05, 0) is 216 Å². The molecule has 6 nitrogen and oxygen atoms in total. The second-order valence-electron chi connectivity index (χ2n) is 23.3. The van der Waals surface area contributed by atoms with Crippen LogP contribution < -0.4 is 22.2 Å². The van der Waals surface area contributed by atoms with Crippen molar-refractivity contribution in [2.75, 3.05) is 0 Å². The first kappa shape index (κ1) is 46.3. The fourth-order valence-corrected chi connectivity index (χ4v) is 13.8. The second-order valence-corrected chi connectivity index (χ2v) is 23.3. The molecule has 0 spiro atoms. The number of aromatic nitrogens is 2. The van der Waals surface area contributed by atoms with Crippen LogP contribution in [0, 0.1) is 0 Å². The maximum absolute atomic E-state index is 14.8. The molecule has 0 N–H and O–H groups in total. The zero-order chi connectivity index (χ0) is 53.5. The molecule has 0 unspecified atom stereocenters. The van der Waals surface area contributed by atoms with Crippen LogP contribution in [0.25, 0.3) is 141 Å². The summed E-state index contributed by atoms with van der Waals surface area (Å²) in [7, 11) is 0. The molecule has 0 saturated heterocycles. The number of hydrogen-bond acceptors (Lipinski definition) is 4. The molecule has 0 atom stereocenters. The summed E-state index contributed by atoms with van der Waals surface area (Å²) in [6.07, 6.45) is 0. The van der Waals surface area contributed by atoms with Crippen molar-refractivity contribution < 1.29 is 0 Å². The third kappa shape index (κ3) is 6.20. The molecule has 376 valence electrons. The van der Waals surface area contributed by atoms with Gasteiger partial charge in [-0.25, -0.2) is 9.13 Å². The fraction of sp³-hybridized carbons (Fsp3) is 0.167. The molecule has 0 fully saturated rings. The molecule has 0 saturated carbocycles. The summed E-state index contributed by atoms with van der Waals surface area (Å²) in [6.45, 7) is 16.9. The Balaban J connectivity index is 0.876. The number of fused-ring (bicyclic) bond motifs is 10. The van der Waals surface area contributed by atoms with Crippen LogP contribution in [0.3, 0.4) is 0 Å². The lowest BCUT2D eigenvalue weighted by molar-refractivity contribution is 0.792. The van der Waals surface area contributed by atoms with Gasteiger partial charge in [-0.3, -0.25) is 19.2 Å². The monoisotopic (exact) mass is 1010 g/mol. The van der Waals surface area contributed by atoms with Crippen molar-refractivity contribution in [1.29, 1.82) is 0 Å². The Morgan fingerprint density at radius 3 is 0.692 bits per heavy atom.